The molecule has 2 heteroatoms. The van der Waals surface area contributed by atoms with Crippen LogP contribution in [-0.2, 0) is 6.42 Å². The van der Waals surface area contributed by atoms with Crippen LogP contribution in [0.4, 0.5) is 0 Å². The maximum atomic E-state index is 12.1. The summed E-state index contributed by atoms with van der Waals surface area (Å²) in [6, 6.07) is 14.2. The molecule has 0 unspecified atom stereocenters. The Labute approximate surface area is 120 Å². The molecule has 1 amide bonds. The third kappa shape index (κ3) is 3.47. The lowest BCUT2D eigenvalue weighted by Gasteiger charge is -2.09. The molecule has 0 aromatic heterocycles. The van der Waals surface area contributed by atoms with Gasteiger partial charge in [0.1, 0.15) is 0 Å². The second-order valence-corrected chi connectivity index (χ2v) is 5.25. The molecule has 2 rings (SSSR count). The van der Waals surface area contributed by atoms with Crippen LogP contribution in [0.5, 0.6) is 0 Å². The van der Waals surface area contributed by atoms with Crippen LogP contribution in [0, 0.1) is 20.8 Å². The van der Waals surface area contributed by atoms with Gasteiger partial charge in [-0.3, -0.25) is 4.79 Å². The summed E-state index contributed by atoms with van der Waals surface area (Å²) in [5.41, 5.74) is 5.53. The minimum atomic E-state index is 0.0103. The van der Waals surface area contributed by atoms with Crippen LogP contribution in [0.25, 0.3) is 0 Å². The summed E-state index contributed by atoms with van der Waals surface area (Å²) >= 11 is 0. The maximum Gasteiger partial charge on any atom is 0.251 e. The van der Waals surface area contributed by atoms with Gasteiger partial charge in [-0.1, -0.05) is 42.0 Å². The second-order valence-electron chi connectivity index (χ2n) is 5.25. The fraction of sp³-hybridized carbons (Fsp3) is 0.278. The lowest BCUT2D eigenvalue weighted by atomic mass is 10.0. The number of hydrogen-bond donors (Lipinski definition) is 1. The molecule has 0 bridgehead atoms. The summed E-state index contributed by atoms with van der Waals surface area (Å²) in [7, 11) is 0. The number of nitrogens with one attached hydrogen (secondary N) is 1. The highest BCUT2D eigenvalue weighted by Crippen LogP contribution is 2.11. The summed E-state index contributed by atoms with van der Waals surface area (Å²) in [4.78, 5) is 12.1. The van der Waals surface area contributed by atoms with Gasteiger partial charge in [-0.05, 0) is 49.9 Å². The average molecular weight is 267 g/mol. The van der Waals surface area contributed by atoms with Crippen molar-refractivity contribution < 1.29 is 4.79 Å². The number of amides is 1. The third-order valence-electron chi connectivity index (χ3n) is 3.57. The molecule has 0 radical (unpaired) electrons. The van der Waals surface area contributed by atoms with Gasteiger partial charge >= 0.3 is 0 Å². The maximum absolute atomic E-state index is 12.1. The summed E-state index contributed by atoms with van der Waals surface area (Å²) in [6.45, 7) is 6.77. The van der Waals surface area contributed by atoms with E-state index >= 15 is 0 Å². The highest BCUT2D eigenvalue weighted by atomic mass is 16.1. The Bertz CT molecular complexity index is 617. The Morgan fingerprint density at radius 3 is 2.45 bits per heavy atom. The summed E-state index contributed by atoms with van der Waals surface area (Å²) in [5.74, 6) is 0.0103. The first kappa shape index (κ1) is 14.3. The second kappa shape index (κ2) is 6.38. The molecular formula is C18H21NO. The summed E-state index contributed by atoms with van der Waals surface area (Å²) in [5, 5.41) is 3.00. The normalized spacial score (nSPS) is 10.3. The fourth-order valence-electron chi connectivity index (χ4n) is 2.36. The van der Waals surface area contributed by atoms with E-state index in [-0.39, 0.29) is 5.91 Å². The van der Waals surface area contributed by atoms with Crippen molar-refractivity contribution in [2.45, 2.75) is 27.2 Å². The van der Waals surface area contributed by atoms with Gasteiger partial charge < -0.3 is 5.32 Å². The van der Waals surface area contributed by atoms with Crippen LogP contribution in [0.3, 0.4) is 0 Å². The van der Waals surface area contributed by atoms with Crippen molar-refractivity contribution in [1.82, 2.24) is 5.32 Å². The first-order valence-corrected chi connectivity index (χ1v) is 6.98. The van der Waals surface area contributed by atoms with E-state index in [1.165, 1.54) is 16.7 Å². The van der Waals surface area contributed by atoms with Gasteiger partial charge in [0.2, 0.25) is 0 Å². The van der Waals surface area contributed by atoms with Gasteiger partial charge in [0, 0.05) is 12.1 Å². The van der Waals surface area contributed by atoms with Crippen molar-refractivity contribution >= 4 is 5.91 Å². The summed E-state index contributed by atoms with van der Waals surface area (Å²) in [6.07, 6.45) is 0.864. The van der Waals surface area contributed by atoms with E-state index in [0.29, 0.717) is 6.54 Å². The number of rotatable bonds is 4. The van der Waals surface area contributed by atoms with E-state index in [0.717, 1.165) is 17.5 Å². The van der Waals surface area contributed by atoms with Crippen molar-refractivity contribution in [2.24, 2.45) is 0 Å². The van der Waals surface area contributed by atoms with E-state index in [2.05, 4.69) is 24.4 Å². The van der Waals surface area contributed by atoms with Crippen molar-refractivity contribution in [1.29, 1.82) is 0 Å². The van der Waals surface area contributed by atoms with Gasteiger partial charge in [0.15, 0.2) is 0 Å². The largest absolute Gasteiger partial charge is 0.352 e. The highest BCUT2D eigenvalue weighted by molar-refractivity contribution is 5.95. The quantitative estimate of drug-likeness (QED) is 0.901. The number of carbonyl (C=O) groups excluding carboxylic acids is 1. The molecule has 20 heavy (non-hydrogen) atoms. The molecule has 0 spiro atoms. The van der Waals surface area contributed by atoms with Gasteiger partial charge in [-0.15, -0.1) is 0 Å². The molecule has 0 atom stereocenters. The van der Waals surface area contributed by atoms with Crippen molar-refractivity contribution in [3.05, 3.63) is 70.3 Å². The van der Waals surface area contributed by atoms with E-state index in [1.54, 1.807) is 0 Å². The predicted molar refractivity (Wildman–Crippen MR) is 83.1 cm³/mol. The van der Waals surface area contributed by atoms with Gasteiger partial charge in [-0.2, -0.15) is 0 Å². The Morgan fingerprint density at radius 1 is 1.00 bits per heavy atom. The average Bonchev–Trinajstić information content (AvgIpc) is 2.40. The zero-order valence-electron chi connectivity index (χ0n) is 12.4. The van der Waals surface area contributed by atoms with Crippen molar-refractivity contribution in [3.63, 3.8) is 0 Å². The van der Waals surface area contributed by atoms with Crippen LogP contribution >= 0.6 is 0 Å². The minimum Gasteiger partial charge on any atom is -0.352 e. The van der Waals surface area contributed by atoms with Gasteiger partial charge in [0.25, 0.3) is 5.91 Å². The Kier molecular flexibility index (Phi) is 4.57. The Morgan fingerprint density at radius 2 is 1.75 bits per heavy atom. The molecule has 2 nitrogen and oxygen atoms in total. The first-order chi connectivity index (χ1) is 9.58. The smallest absolute Gasteiger partial charge is 0.251 e. The molecule has 0 heterocycles. The molecule has 0 saturated heterocycles. The standard InChI is InChI=1S/C18H21NO/c1-13-8-9-17(15(3)12-13)18(20)19-11-10-16-7-5-4-6-14(16)2/h4-9,12H,10-11H2,1-3H3,(H,19,20). The Hall–Kier alpha value is -2.09. The number of carbonyl (C=O) groups is 1. The molecule has 0 aliphatic heterocycles. The molecule has 0 aliphatic rings. The Balaban J connectivity index is 1.94. The summed E-state index contributed by atoms with van der Waals surface area (Å²) < 4.78 is 0. The van der Waals surface area contributed by atoms with Gasteiger partial charge in [0.05, 0.1) is 0 Å². The van der Waals surface area contributed by atoms with E-state index in [1.807, 2.05) is 44.2 Å². The third-order valence-corrected chi connectivity index (χ3v) is 3.57. The zero-order valence-corrected chi connectivity index (χ0v) is 12.4. The fourth-order valence-corrected chi connectivity index (χ4v) is 2.36. The van der Waals surface area contributed by atoms with Gasteiger partial charge in [-0.25, -0.2) is 0 Å². The van der Waals surface area contributed by atoms with E-state index < -0.39 is 0 Å². The van der Waals surface area contributed by atoms with Crippen LogP contribution in [0.2, 0.25) is 0 Å². The molecule has 2 aromatic rings. The lowest BCUT2D eigenvalue weighted by Crippen LogP contribution is -2.26. The number of aryl methyl sites for hydroxylation is 3. The van der Waals surface area contributed by atoms with E-state index in [9.17, 15) is 4.79 Å². The zero-order chi connectivity index (χ0) is 14.5. The first-order valence-electron chi connectivity index (χ1n) is 6.98. The minimum absolute atomic E-state index is 0.0103. The molecule has 2 aromatic carbocycles. The highest BCUT2D eigenvalue weighted by Gasteiger charge is 2.08. The number of benzene rings is 2. The van der Waals surface area contributed by atoms with Crippen molar-refractivity contribution in [2.75, 3.05) is 6.54 Å². The van der Waals surface area contributed by atoms with Crippen LogP contribution in [0.1, 0.15) is 32.6 Å². The van der Waals surface area contributed by atoms with E-state index in [4.69, 9.17) is 0 Å². The SMILES string of the molecule is Cc1ccc(C(=O)NCCc2ccccc2C)c(C)c1. The topological polar surface area (TPSA) is 29.1 Å². The molecule has 0 saturated carbocycles. The van der Waals surface area contributed by atoms with Crippen LogP contribution in [0.15, 0.2) is 42.5 Å². The van der Waals surface area contributed by atoms with Crippen LogP contribution in [-0.4, -0.2) is 12.5 Å². The lowest BCUT2D eigenvalue weighted by molar-refractivity contribution is 0.0953. The van der Waals surface area contributed by atoms with Crippen LogP contribution < -0.4 is 5.32 Å². The number of hydrogen-bond acceptors (Lipinski definition) is 1. The molecule has 104 valence electrons. The predicted octanol–water partition coefficient (Wildman–Crippen LogP) is 3.58. The molecular weight excluding hydrogens is 246 g/mol. The molecule has 0 aliphatic carbocycles. The van der Waals surface area contributed by atoms with Crippen molar-refractivity contribution in [3.8, 4) is 0 Å². The molecule has 0 fully saturated rings. The molecule has 1 N–H and O–H groups in total. The monoisotopic (exact) mass is 267 g/mol.